The molecule has 1 aromatic carbocycles. The van der Waals surface area contributed by atoms with E-state index in [1.165, 1.54) is 31.5 Å². The highest BCUT2D eigenvalue weighted by Crippen LogP contribution is 2.47. The van der Waals surface area contributed by atoms with Gasteiger partial charge in [0.1, 0.15) is 5.75 Å². The highest BCUT2D eigenvalue weighted by Gasteiger charge is 2.54. The van der Waals surface area contributed by atoms with E-state index in [4.69, 9.17) is 9.26 Å². The van der Waals surface area contributed by atoms with Crippen LogP contribution in [0.2, 0.25) is 0 Å². The van der Waals surface area contributed by atoms with Gasteiger partial charge in [0, 0.05) is 25.4 Å². The summed E-state index contributed by atoms with van der Waals surface area (Å²) in [5.41, 5.74) is 1.38. The normalized spacial score (nSPS) is 33.5. The van der Waals surface area contributed by atoms with Crippen LogP contribution >= 0.6 is 0 Å². The number of benzene rings is 1. The molecule has 0 aliphatic carbocycles. The summed E-state index contributed by atoms with van der Waals surface area (Å²) >= 11 is 0. The van der Waals surface area contributed by atoms with Crippen LogP contribution in [0.15, 0.2) is 28.8 Å². The minimum atomic E-state index is 0.470. The molecule has 4 aliphatic heterocycles. The van der Waals surface area contributed by atoms with Gasteiger partial charge in [-0.15, -0.1) is 0 Å². The van der Waals surface area contributed by atoms with Gasteiger partial charge in [-0.3, -0.25) is 4.90 Å². The van der Waals surface area contributed by atoms with Crippen LogP contribution in [0.5, 0.6) is 5.75 Å². The molecule has 5 heterocycles. The highest BCUT2D eigenvalue weighted by molar-refractivity contribution is 5.42. The topological polar surface area (TPSA) is 54.6 Å². The maximum absolute atomic E-state index is 5.33. The first kappa shape index (κ1) is 15.2. The Bertz CT molecular complexity index is 751. The minimum absolute atomic E-state index is 0.470. The Morgan fingerprint density at radius 2 is 1.88 bits per heavy atom. The van der Waals surface area contributed by atoms with Crippen LogP contribution in [-0.2, 0) is 0 Å². The van der Waals surface area contributed by atoms with Gasteiger partial charge in [-0.1, -0.05) is 12.1 Å². The zero-order chi connectivity index (χ0) is 17.0. The van der Waals surface area contributed by atoms with Gasteiger partial charge in [0.05, 0.1) is 13.2 Å². The van der Waals surface area contributed by atoms with E-state index in [9.17, 15) is 0 Å². The van der Waals surface area contributed by atoms with Crippen molar-refractivity contribution in [3.8, 4) is 5.75 Å². The summed E-state index contributed by atoms with van der Waals surface area (Å²) in [6, 6.07) is 9.61. The van der Waals surface area contributed by atoms with Crippen molar-refractivity contribution in [2.24, 2.45) is 5.92 Å². The molecule has 0 spiro atoms. The molecule has 0 radical (unpaired) electrons. The minimum Gasteiger partial charge on any atom is -0.497 e. The van der Waals surface area contributed by atoms with Gasteiger partial charge in [0.25, 0.3) is 5.95 Å². The summed E-state index contributed by atoms with van der Waals surface area (Å²) in [4.78, 5) is 9.63. The van der Waals surface area contributed by atoms with E-state index >= 15 is 0 Å². The molecule has 2 aromatic rings. The van der Waals surface area contributed by atoms with E-state index < -0.39 is 0 Å². The average molecular weight is 340 g/mol. The summed E-state index contributed by atoms with van der Waals surface area (Å²) in [6.07, 6.45) is 2.56. The zero-order valence-electron chi connectivity index (χ0n) is 14.8. The van der Waals surface area contributed by atoms with Gasteiger partial charge < -0.3 is 14.2 Å². The molecule has 6 rings (SSSR count). The summed E-state index contributed by atoms with van der Waals surface area (Å²) in [6.45, 7) is 5.25. The summed E-state index contributed by atoms with van der Waals surface area (Å²) in [5.74, 6) is 3.52. The van der Waals surface area contributed by atoms with Crippen LogP contribution in [0.1, 0.15) is 30.2 Å². The molecule has 1 aromatic heterocycles. The van der Waals surface area contributed by atoms with E-state index in [1.54, 1.807) is 7.11 Å². The predicted octanol–water partition coefficient (Wildman–Crippen LogP) is 2.45. The number of methoxy groups -OCH3 is 1. The molecule has 4 saturated heterocycles. The second-order valence-electron chi connectivity index (χ2n) is 7.50. The maximum Gasteiger partial charge on any atom is 0.266 e. The second-order valence-corrected chi connectivity index (χ2v) is 7.50. The van der Waals surface area contributed by atoms with Gasteiger partial charge in [-0.25, -0.2) is 0 Å². The molecular formula is C19H24N4O2. The van der Waals surface area contributed by atoms with Crippen molar-refractivity contribution >= 4 is 5.95 Å². The maximum atomic E-state index is 5.33. The van der Waals surface area contributed by atoms with Gasteiger partial charge in [0.15, 0.2) is 0 Å². The number of aromatic nitrogens is 2. The number of nitrogens with zero attached hydrogens (tertiary/aromatic N) is 4. The van der Waals surface area contributed by atoms with E-state index in [1.807, 2.05) is 6.92 Å². The third-order valence-corrected chi connectivity index (χ3v) is 6.31. The lowest BCUT2D eigenvalue weighted by atomic mass is 9.75. The molecule has 6 nitrogen and oxygen atoms in total. The van der Waals surface area contributed by atoms with Crippen LogP contribution in [0.4, 0.5) is 5.95 Å². The Morgan fingerprint density at radius 1 is 1.12 bits per heavy atom. The molecule has 2 bridgehead atoms. The zero-order valence-corrected chi connectivity index (χ0v) is 14.8. The van der Waals surface area contributed by atoms with Crippen molar-refractivity contribution in [1.82, 2.24) is 15.0 Å². The highest BCUT2D eigenvalue weighted by atomic mass is 16.5. The van der Waals surface area contributed by atoms with Crippen LogP contribution < -0.4 is 9.64 Å². The fourth-order valence-corrected chi connectivity index (χ4v) is 5.20. The molecule has 4 aliphatic rings. The molecule has 4 fully saturated rings. The van der Waals surface area contributed by atoms with Crippen LogP contribution in [0, 0.1) is 12.8 Å². The molecule has 0 amide bonds. The molecule has 0 saturated carbocycles. The van der Waals surface area contributed by atoms with Gasteiger partial charge in [0.2, 0.25) is 5.89 Å². The molecule has 132 valence electrons. The number of rotatable bonds is 3. The Labute approximate surface area is 147 Å². The Kier molecular flexibility index (Phi) is 3.48. The summed E-state index contributed by atoms with van der Waals surface area (Å²) in [7, 11) is 1.71. The Balaban J connectivity index is 1.53. The van der Waals surface area contributed by atoms with E-state index in [-0.39, 0.29) is 0 Å². The Morgan fingerprint density at radius 3 is 2.52 bits per heavy atom. The largest absolute Gasteiger partial charge is 0.497 e. The number of fused-ring (bicyclic) bond motifs is 2. The second kappa shape index (κ2) is 5.73. The number of piperidine rings is 3. The summed E-state index contributed by atoms with van der Waals surface area (Å²) in [5, 5.41) is 4.23. The molecule has 25 heavy (non-hydrogen) atoms. The number of anilines is 1. The monoisotopic (exact) mass is 340 g/mol. The van der Waals surface area contributed by atoms with Crippen LogP contribution in [0.25, 0.3) is 0 Å². The number of hydrogen-bond donors (Lipinski definition) is 0. The lowest BCUT2D eigenvalue weighted by molar-refractivity contribution is 0.0352. The molecule has 6 heteroatoms. The average Bonchev–Trinajstić information content (AvgIpc) is 3.28. The van der Waals surface area contributed by atoms with Crippen molar-refractivity contribution in [2.45, 2.75) is 37.8 Å². The molecule has 3 atom stereocenters. The van der Waals surface area contributed by atoms with Gasteiger partial charge in [-0.05, 0) is 54.7 Å². The first-order chi connectivity index (χ1) is 12.2. The lowest BCUT2D eigenvalue weighted by Crippen LogP contribution is -2.60. The van der Waals surface area contributed by atoms with E-state index in [0.717, 1.165) is 24.2 Å². The standard InChI is InChI=1S/C19H24N4O2/c1-12-20-19(21-25-12)23-11-16(13-3-5-15(24-2)6-4-13)18-17(23)14-7-9-22(18)10-8-14/h3-6,14,16-18H,7-11H2,1-2H3/t16-,17+,18+/m0/s1. The Hall–Kier alpha value is -2.08. The van der Waals surface area contributed by atoms with Crippen LogP contribution in [0.3, 0.4) is 0 Å². The molecular weight excluding hydrogens is 316 g/mol. The number of ether oxygens (including phenoxy) is 1. The third kappa shape index (κ3) is 2.34. The summed E-state index contributed by atoms with van der Waals surface area (Å²) < 4.78 is 10.6. The van der Waals surface area contributed by atoms with E-state index in [0.29, 0.717) is 23.9 Å². The van der Waals surface area contributed by atoms with Crippen molar-refractivity contribution in [3.05, 3.63) is 35.7 Å². The van der Waals surface area contributed by atoms with E-state index in [2.05, 4.69) is 44.2 Å². The van der Waals surface area contributed by atoms with Crippen molar-refractivity contribution in [3.63, 3.8) is 0 Å². The SMILES string of the molecule is COc1ccc([C@@H]2CN(c3noc(C)n3)[C@@H]3C4CCN(CC4)[C@@H]32)cc1. The smallest absolute Gasteiger partial charge is 0.266 e. The lowest BCUT2D eigenvalue weighted by Gasteiger charge is -2.51. The van der Waals surface area contributed by atoms with Crippen molar-refractivity contribution < 1.29 is 9.26 Å². The number of hydrogen-bond acceptors (Lipinski definition) is 6. The predicted molar refractivity (Wildman–Crippen MR) is 94.0 cm³/mol. The third-order valence-electron chi connectivity index (χ3n) is 6.31. The molecule has 0 unspecified atom stereocenters. The van der Waals surface area contributed by atoms with Crippen molar-refractivity contribution in [1.29, 1.82) is 0 Å². The van der Waals surface area contributed by atoms with Crippen LogP contribution in [-0.4, -0.2) is 53.9 Å². The van der Waals surface area contributed by atoms with Gasteiger partial charge >= 0.3 is 0 Å². The fourth-order valence-electron chi connectivity index (χ4n) is 5.20. The first-order valence-electron chi connectivity index (χ1n) is 9.19. The fraction of sp³-hybridized carbons (Fsp3) is 0.579. The van der Waals surface area contributed by atoms with Gasteiger partial charge in [-0.2, -0.15) is 4.98 Å². The van der Waals surface area contributed by atoms with Crippen molar-refractivity contribution in [2.75, 3.05) is 31.6 Å². The quantitative estimate of drug-likeness (QED) is 0.855. The number of aryl methyl sites for hydroxylation is 1. The molecule has 0 N–H and O–H groups in total. The first-order valence-corrected chi connectivity index (χ1v) is 9.19.